The zero-order chi connectivity index (χ0) is 8.53. The van der Waals surface area contributed by atoms with E-state index in [9.17, 15) is 0 Å². The second-order valence-corrected chi connectivity index (χ2v) is 3.17. The van der Waals surface area contributed by atoms with Crippen LogP contribution < -0.4 is 0 Å². The first-order chi connectivity index (χ1) is 5.43. The number of thioether (sulfide) groups is 1. The van der Waals surface area contributed by atoms with Gasteiger partial charge in [-0.3, -0.25) is 4.99 Å². The Balaban J connectivity index is 0.000000461. The monoisotopic (exact) mass is 285 g/mol. The quantitative estimate of drug-likeness (QED) is 0.491. The van der Waals surface area contributed by atoms with Crippen molar-refractivity contribution in [3.63, 3.8) is 0 Å². The van der Waals surface area contributed by atoms with Crippen molar-refractivity contribution in [2.45, 2.75) is 25.7 Å². The molecule has 1 rings (SSSR count). The molecule has 1 heterocycles. The van der Waals surface area contributed by atoms with Gasteiger partial charge in [-0.05, 0) is 30.4 Å². The van der Waals surface area contributed by atoms with E-state index in [1.54, 1.807) is 0 Å². The number of hydrogen-bond donors (Lipinski definition) is 0. The molecule has 66 valence electrons. The highest BCUT2D eigenvalue weighted by Gasteiger charge is 2.00. The number of aliphatic imine (C=N–C) groups is 1. The van der Waals surface area contributed by atoms with Crippen LogP contribution in [0.2, 0.25) is 0 Å². The van der Waals surface area contributed by atoms with Crippen LogP contribution in [-0.4, -0.2) is 22.8 Å². The maximum Gasteiger partial charge on any atom is 0.0673 e. The topological polar surface area (TPSA) is 12.4 Å². The van der Waals surface area contributed by atoms with Crippen molar-refractivity contribution in [1.82, 2.24) is 0 Å². The van der Waals surface area contributed by atoms with Crippen LogP contribution >= 0.6 is 34.4 Å². The summed E-state index contributed by atoms with van der Waals surface area (Å²) in [6.07, 6.45) is 7.35. The molecule has 0 bridgehead atoms. The fraction of sp³-hybridized carbons (Fsp3) is 0.875. The van der Waals surface area contributed by atoms with E-state index in [-0.39, 0.29) is 0 Å². The third-order valence-electron chi connectivity index (χ3n) is 1.57. The number of halogens is 1. The van der Waals surface area contributed by atoms with Crippen LogP contribution in [0.4, 0.5) is 0 Å². The van der Waals surface area contributed by atoms with E-state index in [4.69, 9.17) is 0 Å². The van der Waals surface area contributed by atoms with Crippen molar-refractivity contribution in [2.75, 3.05) is 17.7 Å². The number of hydrogen-bond acceptors (Lipinski definition) is 2. The fourth-order valence-electron chi connectivity index (χ4n) is 1.01. The van der Waals surface area contributed by atoms with Crippen molar-refractivity contribution < 1.29 is 0 Å². The maximum atomic E-state index is 4.42. The van der Waals surface area contributed by atoms with Crippen LogP contribution in [0, 0.1) is 0 Å². The van der Waals surface area contributed by atoms with Crippen molar-refractivity contribution in [3.8, 4) is 0 Å². The van der Waals surface area contributed by atoms with Crippen molar-refractivity contribution in [1.29, 1.82) is 0 Å². The Bertz CT molecular complexity index is 115. The van der Waals surface area contributed by atoms with Gasteiger partial charge in [0.05, 0.1) is 5.04 Å². The molecular weight excluding hydrogens is 269 g/mol. The summed E-state index contributed by atoms with van der Waals surface area (Å²) >= 11 is 3.96. The minimum atomic E-state index is 1.07. The summed E-state index contributed by atoms with van der Waals surface area (Å²) in [5.74, 6) is 0. The fourth-order valence-corrected chi connectivity index (χ4v) is 1.58. The molecule has 0 N–H and O–H groups in total. The van der Waals surface area contributed by atoms with E-state index in [1.807, 2.05) is 16.7 Å². The molecule has 0 aromatic rings. The summed E-state index contributed by atoms with van der Waals surface area (Å²) in [5, 5.41) is 1.35. The van der Waals surface area contributed by atoms with Gasteiger partial charge >= 0.3 is 0 Å². The number of rotatable bonds is 0. The molecule has 0 amide bonds. The second kappa shape index (κ2) is 8.84. The van der Waals surface area contributed by atoms with E-state index >= 15 is 0 Å². The molecule has 3 heteroatoms. The number of nitrogens with zero attached hydrogens (tertiary/aromatic N) is 1. The zero-order valence-electron chi connectivity index (χ0n) is 7.27. The highest BCUT2D eigenvalue weighted by Crippen LogP contribution is 2.13. The second-order valence-electron chi connectivity index (χ2n) is 2.29. The zero-order valence-corrected chi connectivity index (χ0v) is 10.2. The van der Waals surface area contributed by atoms with Crippen molar-refractivity contribution in [3.05, 3.63) is 0 Å². The third kappa shape index (κ3) is 5.96. The van der Waals surface area contributed by atoms with Gasteiger partial charge in [-0.25, -0.2) is 0 Å². The predicted molar refractivity (Wildman–Crippen MR) is 64.2 cm³/mol. The predicted octanol–water partition coefficient (Wildman–Crippen LogP) is 3.37. The van der Waals surface area contributed by atoms with E-state index in [1.165, 1.54) is 30.7 Å². The average Bonchev–Trinajstić information content (AvgIpc) is 2.35. The maximum absolute atomic E-state index is 4.42. The molecule has 0 saturated heterocycles. The van der Waals surface area contributed by atoms with Crippen LogP contribution in [-0.2, 0) is 0 Å². The SMILES string of the molecule is CI.CSC1=NCCCCC1. The lowest BCUT2D eigenvalue weighted by Gasteiger charge is -1.95. The Morgan fingerprint density at radius 3 is 2.64 bits per heavy atom. The van der Waals surface area contributed by atoms with E-state index in [0.29, 0.717) is 0 Å². The molecular formula is C8H16INS. The first-order valence-electron chi connectivity index (χ1n) is 3.88. The molecule has 1 aliphatic rings. The number of alkyl halides is 1. The first kappa shape index (κ1) is 11.8. The molecule has 0 saturated carbocycles. The molecule has 0 aliphatic carbocycles. The van der Waals surface area contributed by atoms with Gasteiger partial charge in [0.25, 0.3) is 0 Å². The van der Waals surface area contributed by atoms with Crippen LogP contribution in [0.15, 0.2) is 4.99 Å². The van der Waals surface area contributed by atoms with E-state index < -0.39 is 0 Å². The van der Waals surface area contributed by atoms with Crippen molar-refractivity contribution >= 4 is 39.4 Å². The first-order valence-corrected chi connectivity index (χ1v) is 7.27. The summed E-state index contributed by atoms with van der Waals surface area (Å²) in [7, 11) is 0. The summed E-state index contributed by atoms with van der Waals surface area (Å²) in [5.41, 5.74) is 0. The standard InChI is InChI=1S/C7H13NS.CH3I/c1-9-7-5-3-2-4-6-8-7;1-2/h2-6H2,1H3;1H3. The summed E-state index contributed by atoms with van der Waals surface area (Å²) < 4.78 is 0. The Morgan fingerprint density at radius 1 is 1.27 bits per heavy atom. The highest BCUT2D eigenvalue weighted by molar-refractivity contribution is 14.1. The van der Waals surface area contributed by atoms with Gasteiger partial charge in [0, 0.05) is 6.54 Å². The molecule has 1 aliphatic heterocycles. The van der Waals surface area contributed by atoms with Gasteiger partial charge in [-0.1, -0.05) is 29.0 Å². The molecule has 0 spiro atoms. The largest absolute Gasteiger partial charge is 0.283 e. The third-order valence-corrected chi connectivity index (χ3v) is 2.38. The van der Waals surface area contributed by atoms with Crippen LogP contribution in [0.25, 0.3) is 0 Å². The van der Waals surface area contributed by atoms with Gasteiger partial charge in [-0.2, -0.15) is 0 Å². The lowest BCUT2D eigenvalue weighted by Crippen LogP contribution is -1.88. The Kier molecular flexibility index (Phi) is 9.45. The Hall–Kier alpha value is 0.750. The highest BCUT2D eigenvalue weighted by atomic mass is 127. The summed E-state index contributed by atoms with van der Waals surface area (Å²) in [6, 6.07) is 0. The van der Waals surface area contributed by atoms with Gasteiger partial charge in [0.15, 0.2) is 0 Å². The van der Waals surface area contributed by atoms with Gasteiger partial charge in [0.2, 0.25) is 0 Å². The van der Waals surface area contributed by atoms with Crippen LogP contribution in [0.5, 0.6) is 0 Å². The minimum Gasteiger partial charge on any atom is -0.283 e. The van der Waals surface area contributed by atoms with Crippen LogP contribution in [0.1, 0.15) is 25.7 Å². The Labute approximate surface area is 87.6 Å². The molecule has 0 aromatic carbocycles. The minimum absolute atomic E-state index is 1.07. The molecule has 0 atom stereocenters. The van der Waals surface area contributed by atoms with E-state index in [2.05, 4.69) is 33.8 Å². The van der Waals surface area contributed by atoms with Crippen LogP contribution in [0.3, 0.4) is 0 Å². The molecule has 1 nitrogen and oxygen atoms in total. The lowest BCUT2D eigenvalue weighted by molar-refractivity contribution is 0.732. The van der Waals surface area contributed by atoms with Crippen molar-refractivity contribution in [2.24, 2.45) is 4.99 Å². The van der Waals surface area contributed by atoms with Gasteiger partial charge in [-0.15, -0.1) is 11.8 Å². The normalized spacial score (nSPS) is 17.5. The smallest absolute Gasteiger partial charge is 0.0673 e. The summed E-state index contributed by atoms with van der Waals surface area (Å²) in [4.78, 5) is 6.39. The molecule has 11 heavy (non-hydrogen) atoms. The summed E-state index contributed by atoms with van der Waals surface area (Å²) in [6.45, 7) is 1.07. The molecule has 0 radical (unpaired) electrons. The Morgan fingerprint density at radius 2 is 2.00 bits per heavy atom. The molecule has 0 fully saturated rings. The lowest BCUT2D eigenvalue weighted by atomic mass is 10.2. The molecule has 0 aromatic heterocycles. The van der Waals surface area contributed by atoms with Gasteiger partial charge < -0.3 is 0 Å². The molecule has 0 unspecified atom stereocenters. The van der Waals surface area contributed by atoms with Gasteiger partial charge in [0.1, 0.15) is 0 Å². The van der Waals surface area contributed by atoms with E-state index in [0.717, 1.165) is 6.54 Å². The average molecular weight is 285 g/mol.